The molecule has 4 heteroatoms. The number of fused-ring (bicyclic) bond motifs is 5. The zero-order valence-corrected chi connectivity index (χ0v) is 20.2. The number of carbonyl (C=O) groups excluding carboxylic acids is 2. The van der Waals surface area contributed by atoms with E-state index in [4.69, 9.17) is 9.47 Å². The zero-order valence-electron chi connectivity index (χ0n) is 20.2. The van der Waals surface area contributed by atoms with Crippen LogP contribution in [0.3, 0.4) is 0 Å². The number of benzene rings is 4. The number of hydrogen-bond donors (Lipinski definition) is 0. The average Bonchev–Trinajstić information content (AvgIpc) is 3.53. The first-order chi connectivity index (χ1) is 18.2. The highest BCUT2D eigenvalue weighted by Gasteiger charge is 2.79. The maximum atomic E-state index is 13.3. The lowest BCUT2D eigenvalue weighted by Crippen LogP contribution is -2.44. The van der Waals surface area contributed by atoms with E-state index in [0.29, 0.717) is 11.1 Å². The third-order valence-corrected chi connectivity index (χ3v) is 9.54. The number of carbonyl (C=O) groups is 2. The second-order valence-corrected chi connectivity index (χ2v) is 11.1. The van der Waals surface area contributed by atoms with Gasteiger partial charge >= 0.3 is 11.9 Å². The smallest absolute Gasteiger partial charge is 0.338 e. The molecule has 3 saturated carbocycles. The first-order valence-corrected chi connectivity index (χ1v) is 13.2. The minimum absolute atomic E-state index is 0.0499. The summed E-state index contributed by atoms with van der Waals surface area (Å²) in [6, 6.07) is 31.4. The summed E-state index contributed by atoms with van der Waals surface area (Å²) in [6.07, 6.45) is 1.23. The van der Waals surface area contributed by atoms with Gasteiger partial charge in [-0.05, 0) is 76.3 Å². The summed E-state index contributed by atoms with van der Waals surface area (Å²) < 4.78 is 12.7. The Labute approximate surface area is 215 Å². The summed E-state index contributed by atoms with van der Waals surface area (Å²) in [5.74, 6) is 0.103. The molecule has 4 nitrogen and oxygen atoms in total. The lowest BCUT2D eigenvalue weighted by molar-refractivity contribution is -0.0633. The molecule has 2 bridgehead atoms. The fourth-order valence-corrected chi connectivity index (χ4v) is 8.21. The standard InChI is InChI=1S/C33H26O4/c34-31(20-9-3-1-4-10-20)36-29-27-25-22-15-7-13-19-14-8-16-23(24(19)22)26(25)28(33(27)17-18-33)30(29)37-32(35)21-11-5-2-6-12-21/h1-16,25-30H,17-18H2. The van der Waals surface area contributed by atoms with E-state index in [9.17, 15) is 9.59 Å². The van der Waals surface area contributed by atoms with Crippen molar-refractivity contribution in [2.24, 2.45) is 17.3 Å². The summed E-state index contributed by atoms with van der Waals surface area (Å²) in [7, 11) is 0. The van der Waals surface area contributed by atoms with Crippen molar-refractivity contribution in [2.75, 3.05) is 0 Å². The molecule has 0 N–H and O–H groups in total. The van der Waals surface area contributed by atoms with E-state index in [2.05, 4.69) is 36.4 Å². The van der Waals surface area contributed by atoms with Crippen LogP contribution in [0.4, 0.5) is 0 Å². The van der Waals surface area contributed by atoms with Gasteiger partial charge in [0.15, 0.2) is 0 Å². The Morgan fingerprint density at radius 2 is 1.05 bits per heavy atom. The van der Waals surface area contributed by atoms with Crippen molar-refractivity contribution in [1.29, 1.82) is 0 Å². The van der Waals surface area contributed by atoms with Crippen molar-refractivity contribution in [3.8, 4) is 0 Å². The van der Waals surface area contributed by atoms with Gasteiger partial charge in [-0.1, -0.05) is 72.8 Å². The predicted molar refractivity (Wildman–Crippen MR) is 139 cm³/mol. The van der Waals surface area contributed by atoms with Crippen LogP contribution >= 0.6 is 0 Å². The highest BCUT2D eigenvalue weighted by Crippen LogP contribution is 2.81. The van der Waals surface area contributed by atoms with Gasteiger partial charge in [-0.2, -0.15) is 0 Å². The molecule has 4 aromatic rings. The second kappa shape index (κ2) is 7.55. The Morgan fingerprint density at radius 1 is 0.595 bits per heavy atom. The minimum atomic E-state index is -0.473. The van der Waals surface area contributed by atoms with E-state index in [-0.39, 0.29) is 41.0 Å². The molecule has 6 unspecified atom stereocenters. The highest BCUT2D eigenvalue weighted by atomic mass is 16.6. The Kier molecular flexibility index (Phi) is 4.32. The largest absolute Gasteiger partial charge is 0.454 e. The van der Waals surface area contributed by atoms with Crippen molar-refractivity contribution in [3.63, 3.8) is 0 Å². The van der Waals surface area contributed by atoms with E-state index in [1.807, 2.05) is 36.4 Å². The van der Waals surface area contributed by atoms with Crippen LogP contribution in [-0.2, 0) is 9.47 Å². The van der Waals surface area contributed by atoms with Gasteiger partial charge in [0.1, 0.15) is 12.2 Å². The molecular weight excluding hydrogens is 460 g/mol. The Hall–Kier alpha value is -3.92. The van der Waals surface area contributed by atoms with Gasteiger partial charge < -0.3 is 9.47 Å². The Bertz CT molecular complexity index is 1450. The molecule has 8 rings (SSSR count). The van der Waals surface area contributed by atoms with E-state index in [1.165, 1.54) is 21.9 Å². The van der Waals surface area contributed by atoms with Crippen LogP contribution in [0.1, 0.15) is 56.5 Å². The first kappa shape index (κ1) is 21.2. The van der Waals surface area contributed by atoms with Crippen LogP contribution in [0.25, 0.3) is 10.8 Å². The van der Waals surface area contributed by atoms with Gasteiger partial charge in [0.25, 0.3) is 0 Å². The molecule has 6 atom stereocenters. The summed E-state index contributed by atoms with van der Waals surface area (Å²) in [5, 5.41) is 2.60. The summed E-state index contributed by atoms with van der Waals surface area (Å²) >= 11 is 0. The quantitative estimate of drug-likeness (QED) is 0.309. The Balaban J connectivity index is 1.24. The molecule has 0 saturated heterocycles. The van der Waals surface area contributed by atoms with Crippen molar-refractivity contribution >= 4 is 22.7 Å². The van der Waals surface area contributed by atoms with E-state index in [0.717, 1.165) is 12.8 Å². The van der Waals surface area contributed by atoms with Crippen LogP contribution in [0, 0.1) is 17.3 Å². The van der Waals surface area contributed by atoms with Crippen molar-refractivity contribution in [2.45, 2.75) is 36.9 Å². The van der Waals surface area contributed by atoms with E-state index >= 15 is 0 Å². The molecule has 37 heavy (non-hydrogen) atoms. The number of ether oxygens (including phenoxy) is 2. The van der Waals surface area contributed by atoms with Gasteiger partial charge in [-0.15, -0.1) is 0 Å². The normalized spacial score (nSPS) is 29.3. The fourth-order valence-electron chi connectivity index (χ4n) is 8.21. The second-order valence-electron chi connectivity index (χ2n) is 11.1. The number of esters is 2. The van der Waals surface area contributed by atoms with Crippen LogP contribution < -0.4 is 0 Å². The molecule has 1 spiro atoms. The molecule has 3 fully saturated rings. The lowest BCUT2D eigenvalue weighted by atomic mass is 9.75. The third kappa shape index (κ3) is 2.84. The number of hydrogen-bond acceptors (Lipinski definition) is 4. The molecule has 0 aromatic heterocycles. The van der Waals surface area contributed by atoms with E-state index in [1.54, 1.807) is 24.3 Å². The van der Waals surface area contributed by atoms with Crippen molar-refractivity contribution < 1.29 is 19.1 Å². The first-order valence-electron chi connectivity index (χ1n) is 13.2. The maximum Gasteiger partial charge on any atom is 0.338 e. The van der Waals surface area contributed by atoms with Gasteiger partial charge in [0.05, 0.1) is 11.1 Å². The monoisotopic (exact) mass is 486 g/mol. The van der Waals surface area contributed by atoms with Crippen LogP contribution in [0.5, 0.6) is 0 Å². The molecule has 0 aliphatic heterocycles. The van der Waals surface area contributed by atoms with Gasteiger partial charge in [-0.3, -0.25) is 0 Å². The van der Waals surface area contributed by atoms with E-state index < -0.39 is 12.2 Å². The van der Waals surface area contributed by atoms with Crippen LogP contribution in [0.2, 0.25) is 0 Å². The highest BCUT2D eigenvalue weighted by molar-refractivity contribution is 5.94. The fraction of sp³-hybridized carbons (Fsp3) is 0.273. The van der Waals surface area contributed by atoms with Gasteiger partial charge in [0, 0.05) is 11.8 Å². The molecule has 0 amide bonds. The molecular formula is C33H26O4. The van der Waals surface area contributed by atoms with Crippen molar-refractivity contribution in [3.05, 3.63) is 119 Å². The lowest BCUT2D eigenvalue weighted by Gasteiger charge is -2.37. The molecule has 4 aliphatic carbocycles. The Morgan fingerprint density at radius 3 is 1.49 bits per heavy atom. The molecule has 4 aliphatic rings. The minimum Gasteiger partial charge on any atom is -0.454 e. The zero-order chi connectivity index (χ0) is 24.7. The van der Waals surface area contributed by atoms with Gasteiger partial charge in [-0.25, -0.2) is 9.59 Å². The maximum absolute atomic E-state index is 13.3. The molecule has 0 radical (unpaired) electrons. The van der Waals surface area contributed by atoms with Crippen molar-refractivity contribution in [1.82, 2.24) is 0 Å². The average molecular weight is 487 g/mol. The molecule has 4 aromatic carbocycles. The summed E-state index contributed by atoms with van der Waals surface area (Å²) in [4.78, 5) is 26.7. The van der Waals surface area contributed by atoms with Crippen LogP contribution in [-0.4, -0.2) is 24.1 Å². The summed E-state index contributed by atoms with van der Waals surface area (Å²) in [6.45, 7) is 0. The molecule has 182 valence electrons. The third-order valence-electron chi connectivity index (χ3n) is 9.54. The molecule has 0 heterocycles. The number of rotatable bonds is 4. The SMILES string of the molecule is O=C(OC1C(OC(=O)c2ccccc2)C2C3c4cccc5cccc(c45)C3C1C21CC1)c1ccccc1. The summed E-state index contributed by atoms with van der Waals surface area (Å²) in [5.41, 5.74) is 3.83. The van der Waals surface area contributed by atoms with Crippen LogP contribution in [0.15, 0.2) is 97.1 Å². The predicted octanol–water partition coefficient (Wildman–Crippen LogP) is 6.51. The van der Waals surface area contributed by atoms with Gasteiger partial charge in [0.2, 0.25) is 0 Å². The topological polar surface area (TPSA) is 52.6 Å².